The van der Waals surface area contributed by atoms with E-state index in [1.807, 2.05) is 0 Å². The van der Waals surface area contributed by atoms with Crippen LogP contribution in [-0.4, -0.2) is 41.9 Å². The zero-order valence-electron chi connectivity index (χ0n) is 12.2. The van der Waals surface area contributed by atoms with E-state index in [2.05, 4.69) is 5.32 Å². The fourth-order valence-corrected chi connectivity index (χ4v) is 3.59. The number of benzene rings is 1. The van der Waals surface area contributed by atoms with Gasteiger partial charge in [0.2, 0.25) is 0 Å². The number of methoxy groups -OCH3 is 2. The van der Waals surface area contributed by atoms with Crippen molar-refractivity contribution in [1.82, 2.24) is 5.32 Å². The van der Waals surface area contributed by atoms with Gasteiger partial charge in [0.25, 0.3) is 5.91 Å². The number of carbonyl (C=O) groups is 1. The van der Waals surface area contributed by atoms with Gasteiger partial charge in [-0.3, -0.25) is 9.00 Å². The van der Waals surface area contributed by atoms with Crippen molar-refractivity contribution in [3.05, 3.63) is 17.7 Å². The number of anilines is 1. The van der Waals surface area contributed by atoms with E-state index in [4.69, 9.17) is 15.2 Å². The lowest BCUT2D eigenvalue weighted by atomic mass is 10.1. The standard InChI is InChI=1S/C14H20N2O4S/c1-19-12-7-10(11(15)8-13(12)20-2)14(17)16-9-3-5-21(18)6-4-9/h7-9H,3-6,15H2,1-2H3,(H,16,17). The molecule has 3 N–H and O–H groups in total. The molecule has 0 aromatic heterocycles. The SMILES string of the molecule is COc1cc(N)c(C(=O)NC2CCS(=O)CC2)cc1OC. The van der Waals surface area contributed by atoms with Crippen molar-refractivity contribution < 1.29 is 18.5 Å². The van der Waals surface area contributed by atoms with Crippen molar-refractivity contribution in [2.75, 3.05) is 31.5 Å². The molecule has 0 unspecified atom stereocenters. The number of rotatable bonds is 4. The molecule has 6 nitrogen and oxygen atoms in total. The molecule has 116 valence electrons. The molecule has 0 atom stereocenters. The van der Waals surface area contributed by atoms with Crippen molar-refractivity contribution >= 4 is 22.4 Å². The Morgan fingerprint density at radius 3 is 2.38 bits per heavy atom. The van der Waals surface area contributed by atoms with Crippen LogP contribution in [0.1, 0.15) is 23.2 Å². The van der Waals surface area contributed by atoms with Crippen LogP contribution in [0.4, 0.5) is 5.69 Å². The average molecular weight is 312 g/mol. The second-order valence-corrected chi connectivity index (χ2v) is 6.59. The number of nitrogens with two attached hydrogens (primary N) is 1. The summed E-state index contributed by atoms with van der Waals surface area (Å²) in [5.74, 6) is 1.96. The van der Waals surface area contributed by atoms with Gasteiger partial charge in [-0.15, -0.1) is 0 Å². The van der Waals surface area contributed by atoms with E-state index >= 15 is 0 Å². The number of nitrogen functional groups attached to an aromatic ring is 1. The van der Waals surface area contributed by atoms with Crippen molar-refractivity contribution in [3.63, 3.8) is 0 Å². The summed E-state index contributed by atoms with van der Waals surface area (Å²) in [7, 11) is 2.27. The Kier molecular flexibility index (Phi) is 5.06. The van der Waals surface area contributed by atoms with Gasteiger partial charge in [0.05, 0.1) is 19.8 Å². The van der Waals surface area contributed by atoms with E-state index in [-0.39, 0.29) is 11.9 Å². The number of amides is 1. The molecule has 1 aromatic rings. The van der Waals surface area contributed by atoms with Gasteiger partial charge in [-0.2, -0.15) is 0 Å². The lowest BCUT2D eigenvalue weighted by molar-refractivity contribution is 0.0935. The van der Waals surface area contributed by atoms with E-state index in [0.29, 0.717) is 34.3 Å². The summed E-state index contributed by atoms with van der Waals surface area (Å²) in [4.78, 5) is 12.3. The number of carbonyl (C=O) groups excluding carboxylic acids is 1. The first kappa shape index (κ1) is 15.6. The maximum Gasteiger partial charge on any atom is 0.253 e. The third kappa shape index (κ3) is 3.66. The first-order valence-corrected chi connectivity index (χ1v) is 8.21. The molecule has 1 aliphatic heterocycles. The molecule has 0 aliphatic carbocycles. The molecule has 21 heavy (non-hydrogen) atoms. The fraction of sp³-hybridized carbons (Fsp3) is 0.500. The molecule has 1 saturated heterocycles. The van der Waals surface area contributed by atoms with Gasteiger partial charge in [0.1, 0.15) is 0 Å². The van der Waals surface area contributed by atoms with Crippen LogP contribution in [0.15, 0.2) is 12.1 Å². The average Bonchev–Trinajstić information content (AvgIpc) is 2.49. The highest BCUT2D eigenvalue weighted by atomic mass is 32.2. The zero-order valence-corrected chi connectivity index (χ0v) is 13.0. The minimum Gasteiger partial charge on any atom is -0.493 e. The van der Waals surface area contributed by atoms with Crippen LogP contribution in [0.2, 0.25) is 0 Å². The van der Waals surface area contributed by atoms with Crippen LogP contribution in [0, 0.1) is 0 Å². The molecule has 0 saturated carbocycles. The summed E-state index contributed by atoms with van der Waals surface area (Å²) in [6.45, 7) is 0. The van der Waals surface area contributed by atoms with E-state index in [0.717, 1.165) is 12.8 Å². The van der Waals surface area contributed by atoms with Crippen LogP contribution in [0.3, 0.4) is 0 Å². The highest BCUT2D eigenvalue weighted by molar-refractivity contribution is 7.85. The predicted molar refractivity (Wildman–Crippen MR) is 82.3 cm³/mol. The molecule has 1 aliphatic rings. The van der Waals surface area contributed by atoms with Crippen LogP contribution in [0.5, 0.6) is 11.5 Å². The van der Waals surface area contributed by atoms with Crippen molar-refractivity contribution in [1.29, 1.82) is 0 Å². The van der Waals surface area contributed by atoms with Crippen LogP contribution in [0.25, 0.3) is 0 Å². The molecule has 0 radical (unpaired) electrons. The second kappa shape index (κ2) is 6.80. The van der Waals surface area contributed by atoms with Crippen LogP contribution < -0.4 is 20.5 Å². The Hall–Kier alpha value is -1.76. The summed E-state index contributed by atoms with van der Waals surface area (Å²) in [5, 5.41) is 2.94. The molecule has 0 bridgehead atoms. The molecule has 1 heterocycles. The Morgan fingerprint density at radius 1 is 1.24 bits per heavy atom. The number of hydrogen-bond donors (Lipinski definition) is 2. The highest BCUT2D eigenvalue weighted by Gasteiger charge is 2.22. The zero-order chi connectivity index (χ0) is 15.4. The maximum absolute atomic E-state index is 12.3. The molecule has 1 fully saturated rings. The molecular formula is C14H20N2O4S. The van der Waals surface area contributed by atoms with Gasteiger partial charge in [-0.25, -0.2) is 0 Å². The monoisotopic (exact) mass is 312 g/mol. The highest BCUT2D eigenvalue weighted by Crippen LogP contribution is 2.32. The summed E-state index contributed by atoms with van der Waals surface area (Å²) >= 11 is 0. The van der Waals surface area contributed by atoms with Crippen molar-refractivity contribution in [3.8, 4) is 11.5 Å². The summed E-state index contributed by atoms with van der Waals surface area (Å²) in [6, 6.07) is 3.19. The molecule has 1 amide bonds. The Morgan fingerprint density at radius 2 is 1.81 bits per heavy atom. The summed E-state index contributed by atoms with van der Waals surface area (Å²) < 4.78 is 21.6. The topological polar surface area (TPSA) is 90.6 Å². The molecular weight excluding hydrogens is 292 g/mol. The van der Waals surface area contributed by atoms with Gasteiger partial charge >= 0.3 is 0 Å². The third-order valence-electron chi connectivity index (χ3n) is 3.52. The fourth-order valence-electron chi connectivity index (χ4n) is 2.29. The quantitative estimate of drug-likeness (QED) is 0.807. The molecule has 1 aromatic carbocycles. The largest absolute Gasteiger partial charge is 0.493 e. The normalized spacial score (nSPS) is 21.6. The lowest BCUT2D eigenvalue weighted by Crippen LogP contribution is -2.39. The number of hydrogen-bond acceptors (Lipinski definition) is 5. The number of ether oxygens (including phenoxy) is 2. The minimum atomic E-state index is -0.747. The molecule has 2 rings (SSSR count). The maximum atomic E-state index is 12.3. The van der Waals surface area contributed by atoms with Crippen molar-refractivity contribution in [2.45, 2.75) is 18.9 Å². The van der Waals surface area contributed by atoms with E-state index in [9.17, 15) is 9.00 Å². The van der Waals surface area contributed by atoms with Crippen LogP contribution >= 0.6 is 0 Å². The lowest BCUT2D eigenvalue weighted by Gasteiger charge is -2.23. The van der Waals surface area contributed by atoms with Gasteiger partial charge in [0.15, 0.2) is 11.5 Å². The molecule has 7 heteroatoms. The Balaban J connectivity index is 2.13. The predicted octanol–water partition coefficient (Wildman–Crippen LogP) is 0.927. The summed E-state index contributed by atoms with van der Waals surface area (Å²) in [5.41, 5.74) is 6.60. The first-order valence-electron chi connectivity index (χ1n) is 6.72. The van der Waals surface area contributed by atoms with Gasteiger partial charge < -0.3 is 20.5 Å². The third-order valence-corrected chi connectivity index (χ3v) is 4.91. The van der Waals surface area contributed by atoms with E-state index in [1.54, 1.807) is 12.1 Å². The van der Waals surface area contributed by atoms with Crippen molar-refractivity contribution in [2.24, 2.45) is 0 Å². The summed E-state index contributed by atoms with van der Waals surface area (Å²) in [6.07, 6.45) is 1.46. The van der Waals surface area contributed by atoms with Gasteiger partial charge in [-0.05, 0) is 18.9 Å². The first-order chi connectivity index (χ1) is 10.0. The minimum absolute atomic E-state index is 0.0442. The van der Waals surface area contributed by atoms with E-state index in [1.165, 1.54) is 14.2 Å². The second-order valence-electron chi connectivity index (χ2n) is 4.89. The van der Waals surface area contributed by atoms with Gasteiger partial charge in [-0.1, -0.05) is 0 Å². The van der Waals surface area contributed by atoms with E-state index < -0.39 is 10.8 Å². The smallest absolute Gasteiger partial charge is 0.253 e. The molecule has 0 spiro atoms. The Bertz CT molecular complexity index is 552. The van der Waals surface area contributed by atoms with Crippen LogP contribution in [-0.2, 0) is 10.8 Å². The Labute approximate surface area is 126 Å². The number of nitrogens with one attached hydrogen (secondary N) is 1. The van der Waals surface area contributed by atoms with Gasteiger partial charge in [0, 0.05) is 40.1 Å².